The van der Waals surface area contributed by atoms with Crippen LogP contribution in [0.2, 0.25) is 0 Å². The second-order valence-electron chi connectivity index (χ2n) is 7.59. The van der Waals surface area contributed by atoms with Crippen LogP contribution in [0.4, 0.5) is 4.39 Å². The maximum absolute atomic E-state index is 13.3. The highest BCUT2D eigenvalue weighted by Gasteiger charge is 2.26. The lowest BCUT2D eigenvalue weighted by Crippen LogP contribution is -2.52. The Morgan fingerprint density at radius 2 is 2.04 bits per heavy atom. The fourth-order valence-corrected chi connectivity index (χ4v) is 3.58. The molecule has 0 aliphatic carbocycles. The lowest BCUT2D eigenvalue weighted by Gasteiger charge is -2.33. The second-order valence-corrected chi connectivity index (χ2v) is 7.59. The van der Waals surface area contributed by atoms with Gasteiger partial charge in [-0.15, -0.1) is 0 Å². The predicted molar refractivity (Wildman–Crippen MR) is 106 cm³/mol. The van der Waals surface area contributed by atoms with Crippen molar-refractivity contribution in [3.63, 3.8) is 0 Å². The molecule has 1 fully saturated rings. The molecule has 1 atom stereocenters. The number of imidazole rings is 1. The second kappa shape index (κ2) is 7.31. The van der Waals surface area contributed by atoms with Gasteiger partial charge in [-0.25, -0.2) is 13.9 Å². The molecule has 2 aromatic heterocycles. The average molecular weight is 381 g/mol. The zero-order chi connectivity index (χ0) is 19.8. The summed E-state index contributed by atoms with van der Waals surface area (Å²) in [5.41, 5.74) is 3.64. The minimum atomic E-state index is -0.283. The largest absolute Gasteiger partial charge is 0.332 e. The molecule has 0 saturated carbocycles. The Balaban J connectivity index is 1.78. The third-order valence-electron chi connectivity index (χ3n) is 5.20. The number of carbonyl (C=O) groups is 1. The van der Waals surface area contributed by atoms with Gasteiger partial charge in [0.1, 0.15) is 11.5 Å². The summed E-state index contributed by atoms with van der Waals surface area (Å²) in [6, 6.07) is 8.36. The van der Waals surface area contributed by atoms with Crippen LogP contribution in [0.15, 0.2) is 36.5 Å². The zero-order valence-electron chi connectivity index (χ0n) is 16.3. The van der Waals surface area contributed by atoms with E-state index < -0.39 is 0 Å². The van der Waals surface area contributed by atoms with Crippen molar-refractivity contribution in [3.8, 4) is 11.3 Å². The summed E-state index contributed by atoms with van der Waals surface area (Å²) in [6.45, 7) is 8.43. The Bertz CT molecular complexity index is 1010. The maximum atomic E-state index is 13.3. The Labute approximate surface area is 163 Å². The highest BCUT2D eigenvalue weighted by atomic mass is 19.1. The van der Waals surface area contributed by atoms with Gasteiger partial charge in [0.05, 0.1) is 11.9 Å². The van der Waals surface area contributed by atoms with E-state index in [4.69, 9.17) is 0 Å². The molecule has 0 unspecified atom stereocenters. The first-order valence-corrected chi connectivity index (χ1v) is 9.62. The normalized spacial score (nSPS) is 17.5. The highest BCUT2D eigenvalue weighted by molar-refractivity contribution is 5.93. The van der Waals surface area contributed by atoms with Crippen LogP contribution in [0.25, 0.3) is 16.9 Å². The molecule has 1 aliphatic heterocycles. The van der Waals surface area contributed by atoms with E-state index >= 15 is 0 Å². The van der Waals surface area contributed by atoms with Gasteiger partial charge in [-0.05, 0) is 43.2 Å². The Kier molecular flexibility index (Phi) is 4.85. The standard InChI is InChI=1S/C21H24FN5O/c1-13(2)17-10-18(15-4-6-16(22)7-5-15)25-27-12-19(24-20(17)27)21(28)26-9-8-23-11-14(26)3/h4-7,10,12-14,23H,8-9,11H2,1-3H3/t14-/m0/s1. The quantitative estimate of drug-likeness (QED) is 0.757. The number of halogens is 1. The number of rotatable bonds is 3. The number of hydrogen-bond acceptors (Lipinski definition) is 4. The van der Waals surface area contributed by atoms with Gasteiger partial charge in [0.25, 0.3) is 5.91 Å². The molecule has 1 N–H and O–H groups in total. The summed E-state index contributed by atoms with van der Waals surface area (Å²) in [7, 11) is 0. The molecule has 1 saturated heterocycles. The number of amides is 1. The Hall–Kier alpha value is -2.80. The molecular weight excluding hydrogens is 357 g/mol. The SMILES string of the molecule is CC(C)c1cc(-c2ccc(F)cc2)nn2cc(C(=O)N3CCNC[C@@H]3C)nc12. The van der Waals surface area contributed by atoms with E-state index in [1.165, 1.54) is 12.1 Å². The molecule has 146 valence electrons. The van der Waals surface area contributed by atoms with E-state index in [2.05, 4.69) is 29.2 Å². The van der Waals surface area contributed by atoms with Crippen LogP contribution < -0.4 is 5.32 Å². The summed E-state index contributed by atoms with van der Waals surface area (Å²) < 4.78 is 15.0. The van der Waals surface area contributed by atoms with Gasteiger partial charge >= 0.3 is 0 Å². The summed E-state index contributed by atoms with van der Waals surface area (Å²) in [6.07, 6.45) is 1.70. The van der Waals surface area contributed by atoms with Crippen molar-refractivity contribution in [3.05, 3.63) is 53.6 Å². The van der Waals surface area contributed by atoms with Gasteiger partial charge in [-0.3, -0.25) is 4.79 Å². The first-order valence-electron chi connectivity index (χ1n) is 9.62. The van der Waals surface area contributed by atoms with Crippen LogP contribution in [-0.4, -0.2) is 51.1 Å². The van der Waals surface area contributed by atoms with E-state index in [1.807, 2.05) is 17.9 Å². The predicted octanol–water partition coefficient (Wildman–Crippen LogP) is 3.09. The van der Waals surface area contributed by atoms with E-state index in [-0.39, 0.29) is 23.7 Å². The van der Waals surface area contributed by atoms with Crippen LogP contribution in [0.5, 0.6) is 0 Å². The molecular formula is C21H24FN5O. The maximum Gasteiger partial charge on any atom is 0.274 e. The van der Waals surface area contributed by atoms with E-state index in [1.54, 1.807) is 22.8 Å². The van der Waals surface area contributed by atoms with Crippen molar-refractivity contribution in [2.75, 3.05) is 19.6 Å². The topological polar surface area (TPSA) is 62.5 Å². The molecule has 7 heteroatoms. The third kappa shape index (κ3) is 3.38. The number of fused-ring (bicyclic) bond motifs is 1. The van der Waals surface area contributed by atoms with E-state index in [0.29, 0.717) is 17.9 Å². The molecule has 0 radical (unpaired) electrons. The van der Waals surface area contributed by atoms with Gasteiger partial charge in [-0.1, -0.05) is 13.8 Å². The molecule has 28 heavy (non-hydrogen) atoms. The van der Waals surface area contributed by atoms with Crippen LogP contribution in [0.1, 0.15) is 42.7 Å². The number of benzene rings is 1. The lowest BCUT2D eigenvalue weighted by molar-refractivity contribution is 0.0650. The minimum absolute atomic E-state index is 0.0717. The van der Waals surface area contributed by atoms with Gasteiger partial charge in [0.2, 0.25) is 0 Å². The van der Waals surface area contributed by atoms with Crippen molar-refractivity contribution in [1.29, 1.82) is 0 Å². The molecule has 1 aliphatic rings. The van der Waals surface area contributed by atoms with Crippen molar-refractivity contribution < 1.29 is 9.18 Å². The molecule has 3 aromatic rings. The molecule has 0 spiro atoms. The van der Waals surface area contributed by atoms with Gasteiger partial charge in [-0.2, -0.15) is 5.10 Å². The molecule has 6 nitrogen and oxygen atoms in total. The Morgan fingerprint density at radius 1 is 1.29 bits per heavy atom. The monoisotopic (exact) mass is 381 g/mol. The molecule has 1 aromatic carbocycles. The lowest BCUT2D eigenvalue weighted by atomic mass is 10.0. The number of aromatic nitrogens is 3. The molecule has 3 heterocycles. The van der Waals surface area contributed by atoms with Crippen LogP contribution in [-0.2, 0) is 0 Å². The fourth-order valence-electron chi connectivity index (χ4n) is 3.58. The number of nitrogens with zero attached hydrogens (tertiary/aromatic N) is 4. The third-order valence-corrected chi connectivity index (χ3v) is 5.20. The minimum Gasteiger partial charge on any atom is -0.332 e. The number of carbonyl (C=O) groups excluding carboxylic acids is 1. The van der Waals surface area contributed by atoms with Gasteiger partial charge < -0.3 is 10.2 Å². The van der Waals surface area contributed by atoms with Gasteiger partial charge in [0, 0.05) is 36.8 Å². The molecule has 1 amide bonds. The summed E-state index contributed by atoms with van der Waals surface area (Å²) in [4.78, 5) is 19.5. The van der Waals surface area contributed by atoms with Crippen molar-refractivity contribution >= 4 is 11.6 Å². The first-order chi connectivity index (χ1) is 13.4. The first kappa shape index (κ1) is 18.6. The van der Waals surface area contributed by atoms with Crippen molar-refractivity contribution in [2.24, 2.45) is 0 Å². The fraction of sp³-hybridized carbons (Fsp3) is 0.381. The average Bonchev–Trinajstić information content (AvgIpc) is 3.11. The smallest absolute Gasteiger partial charge is 0.274 e. The Morgan fingerprint density at radius 3 is 2.71 bits per heavy atom. The summed E-state index contributed by atoms with van der Waals surface area (Å²) in [5.74, 6) is -0.153. The number of nitrogens with one attached hydrogen (secondary N) is 1. The van der Waals surface area contributed by atoms with Crippen LogP contribution in [0, 0.1) is 5.82 Å². The number of hydrogen-bond donors (Lipinski definition) is 1. The molecule has 0 bridgehead atoms. The summed E-state index contributed by atoms with van der Waals surface area (Å²) in [5, 5.41) is 7.93. The highest BCUT2D eigenvalue weighted by Crippen LogP contribution is 2.26. The van der Waals surface area contributed by atoms with E-state index in [0.717, 1.165) is 29.9 Å². The van der Waals surface area contributed by atoms with Crippen molar-refractivity contribution in [1.82, 2.24) is 24.8 Å². The van der Waals surface area contributed by atoms with Crippen molar-refractivity contribution in [2.45, 2.75) is 32.7 Å². The van der Waals surface area contributed by atoms with Gasteiger partial charge in [0.15, 0.2) is 5.65 Å². The summed E-state index contributed by atoms with van der Waals surface area (Å²) >= 11 is 0. The van der Waals surface area contributed by atoms with E-state index in [9.17, 15) is 9.18 Å². The number of piperazine rings is 1. The van der Waals surface area contributed by atoms with Crippen LogP contribution in [0.3, 0.4) is 0 Å². The van der Waals surface area contributed by atoms with Crippen LogP contribution >= 0.6 is 0 Å². The zero-order valence-corrected chi connectivity index (χ0v) is 16.3. The molecule has 4 rings (SSSR count).